The Balaban J connectivity index is 1.42. The molecule has 1 N–H and O–H groups in total. The third-order valence-corrected chi connectivity index (χ3v) is 6.60. The molecule has 0 radical (unpaired) electrons. The Bertz CT molecular complexity index is 1240. The second kappa shape index (κ2) is 8.19. The number of carbonyl (C=O) groups is 1. The van der Waals surface area contributed by atoms with Crippen molar-refractivity contribution in [2.75, 3.05) is 0 Å². The van der Waals surface area contributed by atoms with Crippen LogP contribution < -0.4 is 5.32 Å². The lowest BCUT2D eigenvalue weighted by Gasteiger charge is -2.16. The number of aromatic nitrogens is 3. The molecule has 0 unspecified atom stereocenters. The van der Waals surface area contributed by atoms with E-state index in [4.69, 9.17) is 0 Å². The Labute approximate surface area is 181 Å². The SMILES string of the molecule is O=C(NCc1ccc(S(=O)(=O)c2cncc(C(F)(F)F)c2)cn1)N1Cc2ccncc2C1. The molecule has 0 fully saturated rings. The predicted octanol–water partition coefficient (Wildman–Crippen LogP) is 2.95. The van der Waals surface area contributed by atoms with Crippen molar-refractivity contribution in [1.82, 2.24) is 25.2 Å². The Kier molecular flexibility index (Phi) is 5.55. The topological polar surface area (TPSA) is 105 Å². The van der Waals surface area contributed by atoms with Gasteiger partial charge in [0.15, 0.2) is 0 Å². The Morgan fingerprint density at radius 2 is 1.78 bits per heavy atom. The van der Waals surface area contributed by atoms with E-state index in [1.54, 1.807) is 17.3 Å². The van der Waals surface area contributed by atoms with Crippen LogP contribution in [0.5, 0.6) is 0 Å². The van der Waals surface area contributed by atoms with Gasteiger partial charge in [-0.3, -0.25) is 15.0 Å². The molecule has 0 saturated carbocycles. The van der Waals surface area contributed by atoms with Crippen LogP contribution in [0.3, 0.4) is 0 Å². The average molecular weight is 463 g/mol. The van der Waals surface area contributed by atoms with E-state index in [0.29, 0.717) is 31.0 Å². The molecule has 3 aromatic rings. The predicted molar refractivity (Wildman–Crippen MR) is 105 cm³/mol. The highest BCUT2D eigenvalue weighted by atomic mass is 32.2. The second-order valence-electron chi connectivity index (χ2n) is 7.05. The van der Waals surface area contributed by atoms with Crippen molar-refractivity contribution in [3.05, 3.63) is 77.6 Å². The zero-order valence-electron chi connectivity index (χ0n) is 16.4. The van der Waals surface area contributed by atoms with Crippen LogP contribution in [-0.4, -0.2) is 34.3 Å². The Morgan fingerprint density at radius 1 is 1.00 bits per heavy atom. The largest absolute Gasteiger partial charge is 0.417 e. The number of hydrogen-bond acceptors (Lipinski definition) is 6. The minimum Gasteiger partial charge on any atom is -0.332 e. The lowest BCUT2D eigenvalue weighted by Crippen LogP contribution is -2.36. The number of rotatable bonds is 4. The van der Waals surface area contributed by atoms with Gasteiger partial charge in [-0.2, -0.15) is 13.2 Å². The summed E-state index contributed by atoms with van der Waals surface area (Å²) in [6.45, 7) is 0.944. The summed E-state index contributed by atoms with van der Waals surface area (Å²) in [6, 6.07) is 4.68. The van der Waals surface area contributed by atoms with Crippen LogP contribution in [0, 0.1) is 0 Å². The summed E-state index contributed by atoms with van der Waals surface area (Å²) in [5.74, 6) is 0. The Morgan fingerprint density at radius 3 is 2.47 bits per heavy atom. The summed E-state index contributed by atoms with van der Waals surface area (Å²) in [5, 5.41) is 2.71. The smallest absolute Gasteiger partial charge is 0.332 e. The quantitative estimate of drug-likeness (QED) is 0.638. The van der Waals surface area contributed by atoms with Crippen LogP contribution in [0.15, 0.2) is 65.0 Å². The van der Waals surface area contributed by atoms with Crippen molar-refractivity contribution in [1.29, 1.82) is 0 Å². The van der Waals surface area contributed by atoms with Gasteiger partial charge < -0.3 is 10.2 Å². The average Bonchev–Trinajstić information content (AvgIpc) is 3.22. The highest BCUT2D eigenvalue weighted by Gasteiger charge is 2.32. The van der Waals surface area contributed by atoms with Gasteiger partial charge in [-0.1, -0.05) is 0 Å². The molecule has 2 amide bonds. The number of pyridine rings is 3. The molecule has 1 aliphatic rings. The minimum absolute atomic E-state index is 0.0510. The van der Waals surface area contributed by atoms with Gasteiger partial charge in [0.25, 0.3) is 0 Å². The molecule has 4 heterocycles. The molecule has 4 rings (SSSR count). The van der Waals surface area contributed by atoms with Crippen molar-refractivity contribution in [2.24, 2.45) is 0 Å². The summed E-state index contributed by atoms with van der Waals surface area (Å²) in [5.41, 5.74) is 1.22. The lowest BCUT2D eigenvalue weighted by atomic mass is 10.2. The summed E-state index contributed by atoms with van der Waals surface area (Å²) in [6.07, 6.45) is 1.10. The van der Waals surface area contributed by atoms with Gasteiger partial charge in [-0.05, 0) is 35.4 Å². The molecule has 3 aromatic heterocycles. The molecule has 12 heteroatoms. The standard InChI is InChI=1S/C20H16F3N5O3S/c21-20(22,23)15-5-18(9-25-7-15)32(30,31)17-2-1-16(26-10-17)8-27-19(29)28-11-13-3-4-24-6-14(13)12-28/h1-7,9-10H,8,11-12H2,(H,27,29). The lowest BCUT2D eigenvalue weighted by molar-refractivity contribution is -0.138. The van der Waals surface area contributed by atoms with Crippen molar-refractivity contribution < 1.29 is 26.4 Å². The highest BCUT2D eigenvalue weighted by Crippen LogP contribution is 2.31. The van der Waals surface area contributed by atoms with E-state index >= 15 is 0 Å². The maximum Gasteiger partial charge on any atom is 0.417 e. The number of amides is 2. The number of alkyl halides is 3. The van der Waals surface area contributed by atoms with Crippen molar-refractivity contribution in [3.63, 3.8) is 0 Å². The molecule has 0 atom stereocenters. The van der Waals surface area contributed by atoms with E-state index in [0.717, 1.165) is 23.5 Å². The number of nitrogens with zero attached hydrogens (tertiary/aromatic N) is 4. The third kappa shape index (κ3) is 4.40. The van der Waals surface area contributed by atoms with E-state index in [2.05, 4.69) is 20.3 Å². The fraction of sp³-hybridized carbons (Fsp3) is 0.200. The van der Waals surface area contributed by atoms with E-state index in [9.17, 15) is 26.4 Å². The first-order valence-electron chi connectivity index (χ1n) is 9.31. The molecule has 0 aliphatic carbocycles. The number of nitrogens with one attached hydrogen (secondary N) is 1. The van der Waals surface area contributed by atoms with Crippen LogP contribution in [0.2, 0.25) is 0 Å². The van der Waals surface area contributed by atoms with Crippen LogP contribution in [0.1, 0.15) is 22.4 Å². The normalized spacial score (nSPS) is 13.7. The molecular weight excluding hydrogens is 447 g/mol. The van der Waals surface area contributed by atoms with Gasteiger partial charge in [-0.25, -0.2) is 13.2 Å². The molecule has 32 heavy (non-hydrogen) atoms. The van der Waals surface area contributed by atoms with Crippen molar-refractivity contribution >= 4 is 15.9 Å². The van der Waals surface area contributed by atoms with E-state index < -0.39 is 26.5 Å². The maximum absolute atomic E-state index is 12.9. The fourth-order valence-corrected chi connectivity index (χ4v) is 4.37. The fourth-order valence-electron chi connectivity index (χ4n) is 3.17. The van der Waals surface area contributed by atoms with Gasteiger partial charge in [0.2, 0.25) is 9.84 Å². The van der Waals surface area contributed by atoms with Gasteiger partial charge in [0.1, 0.15) is 0 Å². The molecule has 166 valence electrons. The number of sulfone groups is 1. The minimum atomic E-state index is -4.72. The van der Waals surface area contributed by atoms with Gasteiger partial charge >= 0.3 is 12.2 Å². The summed E-state index contributed by atoms with van der Waals surface area (Å²) in [4.78, 5) is 24.6. The monoisotopic (exact) mass is 463 g/mol. The first-order chi connectivity index (χ1) is 15.1. The van der Waals surface area contributed by atoms with Crippen LogP contribution in [0.4, 0.5) is 18.0 Å². The van der Waals surface area contributed by atoms with Gasteiger partial charge in [0, 0.05) is 44.1 Å². The Hall–Kier alpha value is -3.54. The number of urea groups is 1. The van der Waals surface area contributed by atoms with E-state index in [1.807, 2.05) is 6.07 Å². The molecule has 8 nitrogen and oxygen atoms in total. The summed E-state index contributed by atoms with van der Waals surface area (Å²) < 4.78 is 63.9. The first kappa shape index (κ1) is 21.7. The molecule has 0 spiro atoms. The first-order valence-corrected chi connectivity index (χ1v) is 10.8. The molecular formula is C20H16F3N5O3S. The zero-order valence-corrected chi connectivity index (χ0v) is 17.2. The van der Waals surface area contributed by atoms with E-state index in [-0.39, 0.29) is 17.5 Å². The molecule has 0 saturated heterocycles. The van der Waals surface area contributed by atoms with Crippen LogP contribution >= 0.6 is 0 Å². The number of halogens is 3. The number of hydrogen-bond donors (Lipinski definition) is 1. The van der Waals surface area contributed by atoms with E-state index in [1.165, 1.54) is 12.1 Å². The van der Waals surface area contributed by atoms with Gasteiger partial charge in [0.05, 0.1) is 27.6 Å². The van der Waals surface area contributed by atoms with Gasteiger partial charge in [-0.15, -0.1) is 0 Å². The van der Waals surface area contributed by atoms with Crippen LogP contribution in [0.25, 0.3) is 0 Å². The van der Waals surface area contributed by atoms with Crippen LogP contribution in [-0.2, 0) is 35.6 Å². The summed E-state index contributed by atoms with van der Waals surface area (Å²) in [7, 11) is -4.24. The molecule has 0 aromatic carbocycles. The molecule has 0 bridgehead atoms. The highest BCUT2D eigenvalue weighted by molar-refractivity contribution is 7.91. The third-order valence-electron chi connectivity index (χ3n) is 4.89. The molecule has 1 aliphatic heterocycles. The summed E-state index contributed by atoms with van der Waals surface area (Å²) >= 11 is 0. The number of fused-ring (bicyclic) bond motifs is 1. The second-order valence-corrected chi connectivity index (χ2v) is 9.00. The van der Waals surface area contributed by atoms with Crippen molar-refractivity contribution in [3.8, 4) is 0 Å². The van der Waals surface area contributed by atoms with Crippen molar-refractivity contribution in [2.45, 2.75) is 35.6 Å². The number of carbonyl (C=O) groups excluding carboxylic acids is 1. The maximum atomic E-state index is 12.9. The zero-order chi connectivity index (χ0) is 22.9.